The minimum absolute atomic E-state index is 0.0975. The highest BCUT2D eigenvalue weighted by Crippen LogP contribution is 2.47. The van der Waals surface area contributed by atoms with Crippen molar-refractivity contribution in [3.8, 4) is 0 Å². The van der Waals surface area contributed by atoms with Crippen LogP contribution in [0.2, 0.25) is 0 Å². The number of hydrogen-bond donors (Lipinski definition) is 0. The molecule has 0 spiro atoms. The molecule has 2 aromatic rings. The molecule has 7 heteroatoms. The van der Waals surface area contributed by atoms with Crippen molar-refractivity contribution < 1.29 is 28.9 Å². The van der Waals surface area contributed by atoms with Crippen LogP contribution in [0.1, 0.15) is 33.1 Å². The van der Waals surface area contributed by atoms with Crippen molar-refractivity contribution in [3.63, 3.8) is 0 Å². The molecule has 0 fully saturated rings. The van der Waals surface area contributed by atoms with Gasteiger partial charge in [0, 0.05) is 6.92 Å². The fourth-order valence-corrected chi connectivity index (χ4v) is 6.38. The molecule has 0 aliphatic carbocycles. The summed E-state index contributed by atoms with van der Waals surface area (Å²) >= 11 is 1.91. The van der Waals surface area contributed by atoms with Gasteiger partial charge < -0.3 is 0 Å². The molecule has 0 atom stereocenters. The molecule has 0 saturated carbocycles. The molecule has 3 rings (SSSR count). The summed E-state index contributed by atoms with van der Waals surface area (Å²) in [6.45, 7) is 4.57. The molecule has 0 aromatic heterocycles. The van der Waals surface area contributed by atoms with E-state index in [-0.39, 0.29) is 10.9 Å². The Labute approximate surface area is 163 Å². The largest absolute Gasteiger partial charge is 0.222 e. The van der Waals surface area contributed by atoms with Crippen LogP contribution in [0.25, 0.3) is 0 Å². The predicted octanol–water partition coefficient (Wildman–Crippen LogP) is 1.53. The normalized spacial score (nSPS) is 14.2. The van der Waals surface area contributed by atoms with Crippen molar-refractivity contribution in [2.45, 2.75) is 52.7 Å². The first kappa shape index (κ1) is 21.3. The zero-order valence-corrected chi connectivity index (χ0v) is 17.0. The molecule has 0 amide bonds. The highest BCUT2D eigenvalue weighted by Gasteiger charge is 2.37. The summed E-state index contributed by atoms with van der Waals surface area (Å²) in [7, 11) is -4.85. The SMILES string of the molecule is CCCC/C=C(\C)[S+]1c2ccccc2Sc2ccccc21.[O-][Cl+3]([O-])([O-])[O-]. The smallest absolute Gasteiger partial charge is 0.180 e. The van der Waals surface area contributed by atoms with Crippen molar-refractivity contribution in [1.82, 2.24) is 0 Å². The summed E-state index contributed by atoms with van der Waals surface area (Å²) < 4.78 is 34.0. The van der Waals surface area contributed by atoms with Crippen molar-refractivity contribution in [3.05, 3.63) is 59.5 Å². The van der Waals surface area contributed by atoms with Gasteiger partial charge in [0.1, 0.15) is 4.91 Å². The number of halogens is 1. The molecule has 1 heterocycles. The van der Waals surface area contributed by atoms with E-state index in [1.165, 1.54) is 43.7 Å². The van der Waals surface area contributed by atoms with E-state index < -0.39 is 10.2 Å². The highest BCUT2D eigenvalue weighted by molar-refractivity contribution is 8.05. The summed E-state index contributed by atoms with van der Waals surface area (Å²) in [6.07, 6.45) is 6.20. The van der Waals surface area contributed by atoms with Gasteiger partial charge in [0.05, 0.1) is 20.7 Å². The summed E-state index contributed by atoms with van der Waals surface area (Å²) in [6, 6.07) is 17.8. The van der Waals surface area contributed by atoms with E-state index in [1.807, 2.05) is 11.8 Å². The van der Waals surface area contributed by atoms with Crippen LogP contribution in [0.4, 0.5) is 0 Å². The Bertz CT molecular complexity index is 708. The number of fused-ring (bicyclic) bond motifs is 2. The second-order valence-electron chi connectivity index (χ2n) is 5.64. The van der Waals surface area contributed by atoms with Crippen molar-refractivity contribution in [2.24, 2.45) is 0 Å². The van der Waals surface area contributed by atoms with Gasteiger partial charge in [0.2, 0.25) is 0 Å². The predicted molar refractivity (Wildman–Crippen MR) is 94.2 cm³/mol. The third-order valence-corrected chi connectivity index (χ3v) is 7.48. The van der Waals surface area contributed by atoms with Gasteiger partial charge in [0.15, 0.2) is 9.79 Å². The van der Waals surface area contributed by atoms with E-state index in [0.29, 0.717) is 0 Å². The van der Waals surface area contributed by atoms with E-state index >= 15 is 0 Å². The number of unbranched alkanes of at least 4 members (excludes halogenated alkanes) is 2. The minimum atomic E-state index is -4.94. The van der Waals surface area contributed by atoms with Gasteiger partial charge in [0.25, 0.3) is 0 Å². The lowest BCUT2D eigenvalue weighted by Crippen LogP contribution is -2.68. The molecule has 26 heavy (non-hydrogen) atoms. The van der Waals surface area contributed by atoms with E-state index in [1.54, 1.807) is 0 Å². The van der Waals surface area contributed by atoms with Crippen molar-refractivity contribution in [2.75, 3.05) is 0 Å². The van der Waals surface area contributed by atoms with Gasteiger partial charge >= 0.3 is 0 Å². The highest BCUT2D eigenvalue weighted by atomic mass is 35.7. The van der Waals surface area contributed by atoms with Crippen LogP contribution in [-0.2, 0) is 10.9 Å². The number of allylic oxidation sites excluding steroid dienone is 2. The molecule has 0 unspecified atom stereocenters. The van der Waals surface area contributed by atoms with Crippen LogP contribution in [-0.4, -0.2) is 0 Å². The molecule has 2 aromatic carbocycles. The summed E-state index contributed by atoms with van der Waals surface area (Å²) in [5, 5.41) is 0. The van der Waals surface area contributed by atoms with Gasteiger partial charge in [-0.15, -0.1) is 10.2 Å². The summed E-state index contributed by atoms with van der Waals surface area (Å²) in [4.78, 5) is 7.34. The van der Waals surface area contributed by atoms with Gasteiger partial charge in [-0.25, -0.2) is 18.6 Å². The maximum atomic E-state index is 8.49. The standard InChI is InChI=1S/C19H21S2.ClHO4/c1-3-4-5-10-15(2)21-18-13-8-6-11-16(18)20-17-12-7-9-14-19(17)21;2-1(3,4)5/h6-14H,3-5H2,1-2H3;(H,2,3,4,5)/q+1;/p-1/b15-10+;. The zero-order chi connectivity index (χ0) is 19.2. The van der Waals surface area contributed by atoms with Crippen LogP contribution in [0, 0.1) is 10.2 Å². The Morgan fingerprint density at radius 2 is 1.42 bits per heavy atom. The first-order valence-corrected chi connectivity index (χ1v) is 11.5. The van der Waals surface area contributed by atoms with Gasteiger partial charge in [-0.05, 0) is 43.2 Å². The molecular formula is C19H21ClO4S2. The molecule has 0 radical (unpaired) electrons. The van der Waals surface area contributed by atoms with Crippen LogP contribution in [0.3, 0.4) is 0 Å². The Balaban J connectivity index is 0.000000431. The molecule has 140 valence electrons. The van der Waals surface area contributed by atoms with Gasteiger partial charge in [-0.3, -0.25) is 0 Å². The molecule has 0 N–H and O–H groups in total. The van der Waals surface area contributed by atoms with Crippen LogP contribution < -0.4 is 18.6 Å². The molecule has 0 bridgehead atoms. The maximum Gasteiger partial charge on any atom is 0.180 e. The topological polar surface area (TPSA) is 92.2 Å². The van der Waals surface area contributed by atoms with Crippen molar-refractivity contribution >= 4 is 22.7 Å². The second kappa shape index (κ2) is 9.80. The van der Waals surface area contributed by atoms with E-state index in [0.717, 1.165) is 0 Å². The summed E-state index contributed by atoms with van der Waals surface area (Å²) in [5.41, 5.74) is 0. The zero-order valence-electron chi connectivity index (χ0n) is 14.6. The molecule has 4 nitrogen and oxygen atoms in total. The lowest BCUT2D eigenvalue weighted by atomic mass is 10.2. The Morgan fingerprint density at radius 1 is 0.962 bits per heavy atom. The minimum Gasteiger partial charge on any atom is -0.222 e. The van der Waals surface area contributed by atoms with Crippen LogP contribution >= 0.6 is 11.8 Å². The average molecular weight is 413 g/mol. The first-order valence-electron chi connectivity index (χ1n) is 8.20. The van der Waals surface area contributed by atoms with Crippen LogP contribution in [0.15, 0.2) is 79.1 Å². The third kappa shape index (κ3) is 6.32. The average Bonchev–Trinajstić information content (AvgIpc) is 2.58. The van der Waals surface area contributed by atoms with E-state index in [4.69, 9.17) is 18.6 Å². The van der Waals surface area contributed by atoms with Gasteiger partial charge in [-0.2, -0.15) is 0 Å². The lowest BCUT2D eigenvalue weighted by molar-refractivity contribution is -2.00. The van der Waals surface area contributed by atoms with E-state index in [2.05, 4.69) is 68.5 Å². The molecular weight excluding hydrogens is 392 g/mol. The Hall–Kier alpha value is -0.990. The van der Waals surface area contributed by atoms with Crippen molar-refractivity contribution in [1.29, 1.82) is 0 Å². The Morgan fingerprint density at radius 3 is 1.88 bits per heavy atom. The molecule has 1 aliphatic rings. The molecule has 0 saturated heterocycles. The van der Waals surface area contributed by atoms with Gasteiger partial charge in [-0.1, -0.05) is 49.4 Å². The lowest BCUT2D eigenvalue weighted by Gasteiger charge is -2.19. The number of rotatable bonds is 4. The number of hydrogen-bond acceptors (Lipinski definition) is 5. The summed E-state index contributed by atoms with van der Waals surface area (Å²) in [5.74, 6) is 0. The fourth-order valence-electron chi connectivity index (χ4n) is 2.58. The molecule has 1 aliphatic heterocycles. The fraction of sp³-hybridized carbons (Fsp3) is 0.263. The van der Waals surface area contributed by atoms with E-state index in [9.17, 15) is 0 Å². The van der Waals surface area contributed by atoms with Crippen LogP contribution in [0.5, 0.6) is 0 Å². The number of benzene rings is 2. The quantitative estimate of drug-likeness (QED) is 0.560. The third-order valence-electron chi connectivity index (χ3n) is 3.67. The Kier molecular flexibility index (Phi) is 8.04. The second-order valence-corrected chi connectivity index (χ2v) is 9.61. The maximum absolute atomic E-state index is 8.49. The monoisotopic (exact) mass is 412 g/mol. The first-order chi connectivity index (χ1) is 12.3.